The van der Waals surface area contributed by atoms with Gasteiger partial charge in [-0.3, -0.25) is 14.5 Å². The van der Waals surface area contributed by atoms with Gasteiger partial charge in [0, 0.05) is 19.9 Å². The molecule has 9 heteroatoms. The smallest absolute Gasteiger partial charge is 0.352 e. The molecule has 0 aromatic heterocycles. The molecule has 2 heterocycles. The minimum absolute atomic E-state index is 0.0700. The van der Waals surface area contributed by atoms with E-state index in [1.807, 2.05) is 30.3 Å². The number of β-lactam (4-membered cyclic amide) rings is 1. The zero-order valence-electron chi connectivity index (χ0n) is 15.3. The number of fused-ring (bicyclic) bond motifs is 1. The van der Waals surface area contributed by atoms with Crippen LogP contribution in [-0.2, 0) is 19.1 Å². The number of rotatable bonds is 5. The van der Waals surface area contributed by atoms with Gasteiger partial charge >= 0.3 is 5.97 Å². The number of benzene rings is 1. The van der Waals surface area contributed by atoms with E-state index in [0.717, 1.165) is 5.57 Å². The number of aliphatic carboxylic acids is 1. The highest BCUT2D eigenvalue weighted by atomic mass is 32.2. The van der Waals surface area contributed by atoms with Gasteiger partial charge in [-0.15, -0.1) is 11.8 Å². The molecule has 1 aromatic carbocycles. The van der Waals surface area contributed by atoms with Crippen LogP contribution in [0.3, 0.4) is 0 Å². The van der Waals surface area contributed by atoms with E-state index in [1.54, 1.807) is 14.0 Å². The van der Waals surface area contributed by atoms with Crippen molar-refractivity contribution < 1.29 is 29.0 Å². The molecule has 0 bridgehead atoms. The Labute approximate surface area is 161 Å². The zero-order valence-corrected chi connectivity index (χ0v) is 16.1. The van der Waals surface area contributed by atoms with E-state index in [-0.39, 0.29) is 29.5 Å². The van der Waals surface area contributed by atoms with E-state index in [9.17, 15) is 14.4 Å². The number of carbonyl (C=O) groups excluding carboxylic acids is 2. The summed E-state index contributed by atoms with van der Waals surface area (Å²) in [4.78, 5) is 34.6. The van der Waals surface area contributed by atoms with Crippen LogP contribution >= 0.6 is 11.8 Å². The quantitative estimate of drug-likeness (QED) is 0.720. The number of carboxylic acid groups (broad SMARTS) is 1. The maximum absolute atomic E-state index is 11.6. The molecule has 2 aliphatic heterocycles. The molecule has 2 N–H and O–H groups in total. The largest absolute Gasteiger partial charge is 0.484 e. The molecular weight excluding hydrogens is 372 g/mol. The van der Waals surface area contributed by atoms with E-state index in [1.165, 1.54) is 23.8 Å². The van der Waals surface area contributed by atoms with Crippen molar-refractivity contribution in [2.45, 2.75) is 18.4 Å². The van der Waals surface area contributed by atoms with E-state index < -0.39 is 12.1 Å². The van der Waals surface area contributed by atoms with Crippen molar-refractivity contribution in [1.29, 1.82) is 0 Å². The molecule has 146 valence electrons. The average molecular weight is 394 g/mol. The van der Waals surface area contributed by atoms with E-state index in [0.29, 0.717) is 11.5 Å². The minimum Gasteiger partial charge on any atom is -0.484 e. The molecule has 0 radical (unpaired) electrons. The Morgan fingerprint density at radius 2 is 2.00 bits per heavy atom. The van der Waals surface area contributed by atoms with Crippen LogP contribution in [0.4, 0.5) is 0 Å². The predicted octanol–water partition coefficient (Wildman–Crippen LogP) is 1.09. The summed E-state index contributed by atoms with van der Waals surface area (Å²) in [6, 6.07) is 9.23. The first-order valence-corrected chi connectivity index (χ1v) is 9.24. The Hall–Kier alpha value is -2.52. The number of nitrogens with one attached hydrogen (secondary N) is 1. The second-order valence-electron chi connectivity index (χ2n) is 5.78. The number of likely N-dealkylation sites (N-methyl/N-ethyl adjacent to an activating group) is 1. The van der Waals surface area contributed by atoms with Gasteiger partial charge in [-0.2, -0.15) is 0 Å². The number of nitrogens with zero attached hydrogens (tertiary/aromatic N) is 1. The number of hydrogen-bond acceptors (Lipinski definition) is 6. The van der Waals surface area contributed by atoms with Crippen molar-refractivity contribution in [1.82, 2.24) is 10.2 Å². The Morgan fingerprint density at radius 3 is 2.56 bits per heavy atom. The maximum atomic E-state index is 11.6. The molecule has 0 aliphatic carbocycles. The van der Waals surface area contributed by atoms with Crippen molar-refractivity contribution in [2.24, 2.45) is 0 Å². The fourth-order valence-electron chi connectivity index (χ4n) is 2.56. The lowest BCUT2D eigenvalue weighted by molar-refractivity contribution is -0.162. The molecule has 27 heavy (non-hydrogen) atoms. The van der Waals surface area contributed by atoms with E-state index in [4.69, 9.17) is 14.6 Å². The number of amides is 2. The number of carboxylic acids is 1. The first-order valence-electron chi connectivity index (χ1n) is 8.19. The van der Waals surface area contributed by atoms with Crippen LogP contribution in [0.15, 0.2) is 41.6 Å². The van der Waals surface area contributed by atoms with Crippen molar-refractivity contribution in [2.75, 3.05) is 26.5 Å². The normalized spacial score (nSPS) is 20.7. The summed E-state index contributed by atoms with van der Waals surface area (Å²) in [6.45, 7) is 1.81. The number of thioether (sulfide) groups is 1. The molecule has 8 nitrogen and oxygen atoms in total. The Kier molecular flexibility index (Phi) is 7.26. The lowest BCUT2D eigenvalue weighted by Crippen LogP contribution is -2.65. The fraction of sp³-hybridized carbons (Fsp3) is 0.389. The first kappa shape index (κ1) is 20.8. The number of para-hydroxylation sites is 1. The average Bonchev–Trinajstić information content (AvgIpc) is 2.67. The number of ether oxygens (including phenoxy) is 2. The van der Waals surface area contributed by atoms with Crippen molar-refractivity contribution >= 4 is 29.5 Å². The molecule has 1 saturated heterocycles. The molecule has 0 unspecified atom stereocenters. The topological polar surface area (TPSA) is 105 Å². The monoisotopic (exact) mass is 394 g/mol. The van der Waals surface area contributed by atoms with Crippen LogP contribution in [0.1, 0.15) is 6.92 Å². The molecule has 0 saturated carbocycles. The van der Waals surface area contributed by atoms with Gasteiger partial charge in [-0.05, 0) is 24.6 Å². The molecule has 3 rings (SSSR count). The van der Waals surface area contributed by atoms with Gasteiger partial charge in [0.15, 0.2) is 12.7 Å². The summed E-state index contributed by atoms with van der Waals surface area (Å²) in [5, 5.41) is 11.3. The van der Waals surface area contributed by atoms with Crippen molar-refractivity contribution in [3.05, 3.63) is 41.6 Å². The van der Waals surface area contributed by atoms with Gasteiger partial charge in [0.05, 0.1) is 0 Å². The summed E-state index contributed by atoms with van der Waals surface area (Å²) < 4.78 is 10.2. The number of carbonyl (C=O) groups is 3. The summed E-state index contributed by atoms with van der Waals surface area (Å²) in [5.41, 5.74) is 0.851. The van der Waals surface area contributed by atoms with E-state index >= 15 is 0 Å². The van der Waals surface area contributed by atoms with Gasteiger partial charge < -0.3 is 19.9 Å². The standard InChI is InChI=1S/C9H11NO4S.C9H11NO2/c1-4-3-15-8-6(14-2)7(11)10(8)5(4)9(12)13;1-10-9(11)7-12-8-5-3-2-4-6-8/h6,8H,3H2,1-2H3,(H,12,13);2-6H,7H2,1H3,(H,10,11)/t6-,8+;/m1./s1. The first-order chi connectivity index (χ1) is 12.9. The van der Waals surface area contributed by atoms with Gasteiger partial charge in [-0.25, -0.2) is 4.79 Å². The highest BCUT2D eigenvalue weighted by Crippen LogP contribution is 2.41. The molecule has 0 spiro atoms. The summed E-state index contributed by atoms with van der Waals surface area (Å²) in [7, 11) is 3.04. The van der Waals surface area contributed by atoms with Crippen molar-refractivity contribution in [3.8, 4) is 5.75 Å². The third-order valence-electron chi connectivity index (χ3n) is 3.96. The summed E-state index contributed by atoms with van der Waals surface area (Å²) >= 11 is 1.54. The van der Waals surface area contributed by atoms with Gasteiger partial charge in [0.1, 0.15) is 16.8 Å². The third kappa shape index (κ3) is 4.81. The van der Waals surface area contributed by atoms with Crippen LogP contribution in [0.5, 0.6) is 5.75 Å². The van der Waals surface area contributed by atoms with Gasteiger partial charge in [0.2, 0.25) is 0 Å². The number of methoxy groups -OCH3 is 1. The fourth-order valence-corrected chi connectivity index (χ4v) is 3.88. The Bertz CT molecular complexity index is 737. The predicted molar refractivity (Wildman–Crippen MR) is 100 cm³/mol. The summed E-state index contributed by atoms with van der Waals surface area (Å²) in [5.74, 6) is -0.0808. The lowest BCUT2D eigenvalue weighted by atomic mass is 10.1. The maximum Gasteiger partial charge on any atom is 0.352 e. The highest BCUT2D eigenvalue weighted by Gasteiger charge is 2.53. The molecule has 1 aromatic rings. The van der Waals surface area contributed by atoms with Crippen molar-refractivity contribution in [3.63, 3.8) is 0 Å². The molecule has 2 aliphatic rings. The SMILES string of the molecule is CNC(=O)COc1ccccc1.CO[C@@H]1C(=O)N2C(C(=O)O)=C(C)CS[C@@H]12. The molecule has 2 atom stereocenters. The highest BCUT2D eigenvalue weighted by molar-refractivity contribution is 8.00. The zero-order chi connectivity index (χ0) is 20.0. The Morgan fingerprint density at radius 1 is 1.33 bits per heavy atom. The lowest BCUT2D eigenvalue weighted by Gasteiger charge is -2.48. The number of hydrogen-bond donors (Lipinski definition) is 2. The van der Waals surface area contributed by atoms with Crippen LogP contribution in [0.2, 0.25) is 0 Å². The third-order valence-corrected chi connectivity index (χ3v) is 5.36. The van der Waals surface area contributed by atoms with Crippen LogP contribution < -0.4 is 10.1 Å². The van der Waals surface area contributed by atoms with Gasteiger partial charge in [0.25, 0.3) is 11.8 Å². The summed E-state index contributed by atoms with van der Waals surface area (Å²) in [6.07, 6.45) is -0.488. The molecule has 1 fully saturated rings. The Balaban J connectivity index is 0.000000199. The van der Waals surface area contributed by atoms with Crippen LogP contribution in [0, 0.1) is 0 Å². The second kappa shape index (κ2) is 9.43. The van der Waals surface area contributed by atoms with Crippen LogP contribution in [-0.4, -0.2) is 65.8 Å². The van der Waals surface area contributed by atoms with E-state index in [2.05, 4.69) is 5.32 Å². The molecular formula is C18H22N2O6S. The van der Waals surface area contributed by atoms with Crippen LogP contribution in [0.25, 0.3) is 0 Å². The minimum atomic E-state index is -1.04. The van der Waals surface area contributed by atoms with Gasteiger partial charge in [-0.1, -0.05) is 18.2 Å². The molecule has 2 amide bonds. The second-order valence-corrected chi connectivity index (χ2v) is 6.88.